The third-order valence-corrected chi connectivity index (χ3v) is 4.49. The molecule has 1 aliphatic rings. The summed E-state index contributed by atoms with van der Waals surface area (Å²) in [5, 5.41) is 0. The number of benzene rings is 1. The lowest BCUT2D eigenvalue weighted by atomic mass is 9.79. The summed E-state index contributed by atoms with van der Waals surface area (Å²) < 4.78 is 0. The minimum absolute atomic E-state index is 0.189. The van der Waals surface area contributed by atoms with Gasteiger partial charge in [-0.25, -0.2) is 0 Å². The van der Waals surface area contributed by atoms with Crippen molar-refractivity contribution in [3.8, 4) is 0 Å². The van der Waals surface area contributed by atoms with Gasteiger partial charge in [-0.15, -0.1) is 0 Å². The van der Waals surface area contributed by atoms with Crippen LogP contribution in [0, 0.1) is 12.3 Å². The minimum Gasteiger partial charge on any atom is -0.366 e. The molecule has 0 spiro atoms. The number of fused-ring (bicyclic) bond motifs is 1. The first-order chi connectivity index (χ1) is 9.34. The molecule has 1 aliphatic heterocycles. The van der Waals surface area contributed by atoms with Gasteiger partial charge in [-0.05, 0) is 43.2 Å². The van der Waals surface area contributed by atoms with Crippen molar-refractivity contribution in [1.82, 2.24) is 0 Å². The number of rotatable bonds is 3. The smallest absolute Gasteiger partial charge is 0.0489 e. The Morgan fingerprint density at radius 3 is 2.60 bits per heavy atom. The second-order valence-electron chi connectivity index (χ2n) is 7.31. The highest BCUT2D eigenvalue weighted by molar-refractivity contribution is 5.58. The van der Waals surface area contributed by atoms with Gasteiger partial charge in [0, 0.05) is 24.3 Å². The van der Waals surface area contributed by atoms with Gasteiger partial charge in [-0.1, -0.05) is 45.4 Å². The van der Waals surface area contributed by atoms with Crippen LogP contribution in [0.25, 0.3) is 0 Å². The van der Waals surface area contributed by atoms with Gasteiger partial charge in [-0.2, -0.15) is 0 Å². The molecule has 0 fully saturated rings. The third kappa shape index (κ3) is 3.01. The predicted octanol–water partition coefficient (Wildman–Crippen LogP) is 3.90. The Balaban J connectivity index is 2.41. The number of aryl methyl sites for hydroxylation is 2. The van der Waals surface area contributed by atoms with Gasteiger partial charge in [-0.3, -0.25) is 0 Å². The van der Waals surface area contributed by atoms with Gasteiger partial charge in [0.25, 0.3) is 0 Å². The molecule has 0 bridgehead atoms. The number of nitrogens with zero attached hydrogens (tertiary/aromatic N) is 1. The molecule has 0 saturated heterocycles. The van der Waals surface area contributed by atoms with E-state index < -0.39 is 0 Å². The van der Waals surface area contributed by atoms with Crippen molar-refractivity contribution in [2.45, 2.75) is 66.0 Å². The highest BCUT2D eigenvalue weighted by atomic mass is 15.2. The molecule has 112 valence electrons. The Hall–Kier alpha value is -1.02. The lowest BCUT2D eigenvalue weighted by Gasteiger charge is -2.47. The second-order valence-corrected chi connectivity index (χ2v) is 7.31. The van der Waals surface area contributed by atoms with Crippen molar-refractivity contribution in [3.05, 3.63) is 29.3 Å². The molecule has 1 aromatic carbocycles. The largest absolute Gasteiger partial charge is 0.366 e. The summed E-state index contributed by atoms with van der Waals surface area (Å²) in [4.78, 5) is 2.58. The first kappa shape index (κ1) is 15.4. The summed E-state index contributed by atoms with van der Waals surface area (Å²) in [7, 11) is 0. The molecule has 0 saturated carbocycles. The van der Waals surface area contributed by atoms with Gasteiger partial charge in [0.05, 0.1) is 0 Å². The van der Waals surface area contributed by atoms with E-state index in [4.69, 9.17) is 5.73 Å². The molecule has 2 heteroatoms. The molecule has 2 nitrogen and oxygen atoms in total. The average molecular weight is 274 g/mol. The van der Waals surface area contributed by atoms with E-state index in [0.717, 1.165) is 13.0 Å². The van der Waals surface area contributed by atoms with Crippen LogP contribution in [0.5, 0.6) is 0 Å². The van der Waals surface area contributed by atoms with E-state index in [9.17, 15) is 0 Å². The molecule has 2 unspecified atom stereocenters. The van der Waals surface area contributed by atoms with Crippen LogP contribution in [0.1, 0.15) is 51.7 Å². The van der Waals surface area contributed by atoms with Crippen molar-refractivity contribution in [2.75, 3.05) is 11.4 Å². The summed E-state index contributed by atoms with van der Waals surface area (Å²) in [5.41, 5.74) is 10.9. The highest BCUT2D eigenvalue weighted by Crippen LogP contribution is 2.36. The molecule has 1 aromatic rings. The van der Waals surface area contributed by atoms with Gasteiger partial charge in [0.2, 0.25) is 0 Å². The zero-order chi connectivity index (χ0) is 14.9. The molecule has 0 aliphatic carbocycles. The summed E-state index contributed by atoms with van der Waals surface area (Å²) in [6, 6.07) is 7.49. The third-order valence-electron chi connectivity index (χ3n) is 4.49. The fourth-order valence-electron chi connectivity index (χ4n) is 3.61. The molecule has 0 amide bonds. The fourth-order valence-corrected chi connectivity index (χ4v) is 3.61. The SMILES string of the molecule is CCC(N)C(N1CCCc2cc(C)ccc21)C(C)(C)C. The van der Waals surface area contributed by atoms with Crippen LogP contribution < -0.4 is 10.6 Å². The lowest BCUT2D eigenvalue weighted by Crippen LogP contribution is -2.56. The van der Waals surface area contributed by atoms with Crippen molar-refractivity contribution in [1.29, 1.82) is 0 Å². The van der Waals surface area contributed by atoms with Crippen molar-refractivity contribution in [2.24, 2.45) is 11.1 Å². The monoisotopic (exact) mass is 274 g/mol. The summed E-state index contributed by atoms with van der Waals surface area (Å²) >= 11 is 0. The number of hydrogen-bond donors (Lipinski definition) is 1. The summed E-state index contributed by atoms with van der Waals surface area (Å²) in [6.45, 7) is 12.5. The van der Waals surface area contributed by atoms with Gasteiger partial charge in [0.15, 0.2) is 0 Å². The van der Waals surface area contributed by atoms with Crippen molar-refractivity contribution in [3.63, 3.8) is 0 Å². The molecule has 2 atom stereocenters. The second kappa shape index (κ2) is 5.77. The van der Waals surface area contributed by atoms with E-state index in [0.29, 0.717) is 6.04 Å². The Morgan fingerprint density at radius 2 is 2.00 bits per heavy atom. The molecule has 2 rings (SSSR count). The van der Waals surface area contributed by atoms with Crippen LogP contribution in [-0.4, -0.2) is 18.6 Å². The van der Waals surface area contributed by atoms with Crippen LogP contribution in [0.2, 0.25) is 0 Å². The van der Waals surface area contributed by atoms with E-state index in [1.54, 1.807) is 0 Å². The molecule has 1 heterocycles. The van der Waals surface area contributed by atoms with Gasteiger partial charge < -0.3 is 10.6 Å². The van der Waals surface area contributed by atoms with Gasteiger partial charge >= 0.3 is 0 Å². The maximum Gasteiger partial charge on any atom is 0.0489 e. The van der Waals surface area contributed by atoms with Crippen LogP contribution in [0.4, 0.5) is 5.69 Å². The van der Waals surface area contributed by atoms with Crippen molar-refractivity contribution < 1.29 is 0 Å². The number of anilines is 1. The van der Waals surface area contributed by atoms with E-state index in [2.05, 4.69) is 57.7 Å². The van der Waals surface area contributed by atoms with E-state index in [-0.39, 0.29) is 11.5 Å². The van der Waals surface area contributed by atoms with Gasteiger partial charge in [0.1, 0.15) is 0 Å². The number of hydrogen-bond acceptors (Lipinski definition) is 2. The molecule has 20 heavy (non-hydrogen) atoms. The van der Waals surface area contributed by atoms with E-state index in [1.165, 1.54) is 29.7 Å². The zero-order valence-corrected chi connectivity index (χ0v) is 13.7. The molecular formula is C18H30N2. The average Bonchev–Trinajstić information content (AvgIpc) is 2.36. The van der Waals surface area contributed by atoms with Crippen LogP contribution in [0.15, 0.2) is 18.2 Å². The highest BCUT2D eigenvalue weighted by Gasteiger charge is 2.36. The molecular weight excluding hydrogens is 244 g/mol. The molecule has 0 aromatic heterocycles. The van der Waals surface area contributed by atoms with Crippen LogP contribution in [-0.2, 0) is 6.42 Å². The predicted molar refractivity (Wildman–Crippen MR) is 88.4 cm³/mol. The maximum absolute atomic E-state index is 6.48. The molecule has 0 radical (unpaired) electrons. The Bertz CT molecular complexity index is 459. The maximum atomic E-state index is 6.48. The normalized spacial score (nSPS) is 18.6. The van der Waals surface area contributed by atoms with Crippen LogP contribution >= 0.6 is 0 Å². The molecule has 2 N–H and O–H groups in total. The van der Waals surface area contributed by atoms with Crippen molar-refractivity contribution >= 4 is 5.69 Å². The summed E-state index contributed by atoms with van der Waals surface area (Å²) in [5.74, 6) is 0. The quantitative estimate of drug-likeness (QED) is 0.905. The van der Waals surface area contributed by atoms with E-state index in [1.807, 2.05) is 0 Å². The fraction of sp³-hybridized carbons (Fsp3) is 0.667. The topological polar surface area (TPSA) is 29.3 Å². The standard InChI is InChI=1S/C18H30N2/c1-6-15(19)17(18(3,4)5)20-11-7-8-14-12-13(2)9-10-16(14)20/h9-10,12,15,17H,6-8,11,19H2,1-5H3. The Kier molecular flexibility index (Phi) is 4.43. The Labute approximate surface area is 124 Å². The first-order valence-corrected chi connectivity index (χ1v) is 7.96. The first-order valence-electron chi connectivity index (χ1n) is 7.96. The van der Waals surface area contributed by atoms with E-state index >= 15 is 0 Å². The Morgan fingerprint density at radius 1 is 1.30 bits per heavy atom. The summed E-state index contributed by atoms with van der Waals surface area (Å²) in [6.07, 6.45) is 3.46. The lowest BCUT2D eigenvalue weighted by molar-refractivity contribution is 0.257. The van der Waals surface area contributed by atoms with Crippen LogP contribution in [0.3, 0.4) is 0 Å². The minimum atomic E-state index is 0.189. The number of nitrogens with two attached hydrogens (primary N) is 1. The zero-order valence-electron chi connectivity index (χ0n) is 13.7.